The Bertz CT molecular complexity index is 947. The van der Waals surface area contributed by atoms with Crippen LogP contribution in [-0.4, -0.2) is 19.9 Å². The van der Waals surface area contributed by atoms with E-state index < -0.39 is 0 Å². The van der Waals surface area contributed by atoms with Gasteiger partial charge >= 0.3 is 0 Å². The standard InChI is InChI=1S/C13H7ClN4S/c1-6-15-9-10-13(19-11(9)12(14)16-6)18-8-5-3-2-4-7(8)17-10/h2-5H,1H3. The van der Waals surface area contributed by atoms with Crippen LogP contribution in [0.1, 0.15) is 5.82 Å². The van der Waals surface area contributed by atoms with E-state index in [-0.39, 0.29) is 0 Å². The summed E-state index contributed by atoms with van der Waals surface area (Å²) in [6, 6.07) is 7.79. The summed E-state index contributed by atoms with van der Waals surface area (Å²) in [5, 5.41) is 0.469. The van der Waals surface area contributed by atoms with Crippen molar-refractivity contribution in [2.24, 2.45) is 0 Å². The molecule has 3 aromatic heterocycles. The zero-order chi connectivity index (χ0) is 13.0. The number of halogens is 1. The fraction of sp³-hybridized carbons (Fsp3) is 0.0769. The van der Waals surface area contributed by atoms with Crippen molar-refractivity contribution in [1.82, 2.24) is 19.9 Å². The number of fused-ring (bicyclic) bond motifs is 4. The van der Waals surface area contributed by atoms with Crippen LogP contribution < -0.4 is 0 Å². The summed E-state index contributed by atoms with van der Waals surface area (Å²) in [5.74, 6) is 0.646. The number of hydrogen-bond acceptors (Lipinski definition) is 5. The molecule has 0 unspecified atom stereocenters. The first-order valence-corrected chi connectivity index (χ1v) is 6.91. The molecule has 0 radical (unpaired) electrons. The van der Waals surface area contributed by atoms with Gasteiger partial charge in [-0.3, -0.25) is 0 Å². The molecule has 4 nitrogen and oxygen atoms in total. The molecule has 6 heteroatoms. The molecule has 1 aromatic carbocycles. The van der Waals surface area contributed by atoms with Crippen molar-refractivity contribution in [3.8, 4) is 0 Å². The summed E-state index contributed by atoms with van der Waals surface area (Å²) in [4.78, 5) is 18.7. The van der Waals surface area contributed by atoms with Crippen LogP contribution in [-0.2, 0) is 0 Å². The lowest BCUT2D eigenvalue weighted by Crippen LogP contribution is -1.89. The van der Waals surface area contributed by atoms with Crippen molar-refractivity contribution in [2.45, 2.75) is 6.92 Å². The first-order chi connectivity index (χ1) is 9.22. The Balaban J connectivity index is 2.26. The quantitative estimate of drug-likeness (QED) is 0.462. The molecule has 4 aromatic rings. The molecule has 0 bridgehead atoms. The molecule has 0 saturated heterocycles. The Kier molecular flexibility index (Phi) is 2.22. The Hall–Kier alpha value is -1.85. The molecule has 4 rings (SSSR count). The normalized spacial score (nSPS) is 11.7. The van der Waals surface area contributed by atoms with Crippen molar-refractivity contribution >= 4 is 54.5 Å². The predicted octanol–water partition coefficient (Wildman–Crippen LogP) is 3.75. The number of rotatable bonds is 0. The average molecular weight is 287 g/mol. The number of aromatic nitrogens is 4. The molecular weight excluding hydrogens is 280 g/mol. The van der Waals surface area contributed by atoms with Gasteiger partial charge in [0.15, 0.2) is 5.15 Å². The van der Waals surface area contributed by atoms with E-state index in [4.69, 9.17) is 11.6 Å². The van der Waals surface area contributed by atoms with E-state index in [1.54, 1.807) is 0 Å². The minimum absolute atomic E-state index is 0.469. The zero-order valence-corrected chi connectivity index (χ0v) is 11.5. The molecule has 0 atom stereocenters. The molecule has 19 heavy (non-hydrogen) atoms. The number of nitrogens with zero attached hydrogens (tertiary/aromatic N) is 4. The smallest absolute Gasteiger partial charge is 0.150 e. The lowest BCUT2D eigenvalue weighted by atomic mass is 10.3. The fourth-order valence-corrected chi connectivity index (χ4v) is 3.36. The van der Waals surface area contributed by atoms with Crippen LogP contribution in [0.2, 0.25) is 5.15 Å². The second-order valence-corrected chi connectivity index (χ2v) is 5.56. The van der Waals surface area contributed by atoms with Crippen LogP contribution in [0.4, 0.5) is 0 Å². The topological polar surface area (TPSA) is 51.6 Å². The molecule has 0 N–H and O–H groups in total. The van der Waals surface area contributed by atoms with Crippen molar-refractivity contribution in [3.05, 3.63) is 35.2 Å². The first kappa shape index (κ1) is 11.0. The third-order valence-corrected chi connectivity index (χ3v) is 4.35. The molecule has 0 aliphatic heterocycles. The average Bonchev–Trinajstić information content (AvgIpc) is 2.74. The Morgan fingerprint density at radius 3 is 2.47 bits per heavy atom. The van der Waals surface area contributed by atoms with E-state index in [0.717, 1.165) is 31.6 Å². The first-order valence-electron chi connectivity index (χ1n) is 5.71. The Morgan fingerprint density at radius 1 is 0.947 bits per heavy atom. The van der Waals surface area contributed by atoms with Crippen molar-refractivity contribution < 1.29 is 0 Å². The van der Waals surface area contributed by atoms with E-state index >= 15 is 0 Å². The van der Waals surface area contributed by atoms with Crippen LogP contribution in [0.15, 0.2) is 24.3 Å². The SMILES string of the molecule is Cc1nc(Cl)c2sc3nc4ccccc4nc3c2n1. The summed E-state index contributed by atoms with van der Waals surface area (Å²) in [6.07, 6.45) is 0. The van der Waals surface area contributed by atoms with Crippen LogP contribution in [0.5, 0.6) is 0 Å². The fourth-order valence-electron chi connectivity index (χ4n) is 2.08. The van der Waals surface area contributed by atoms with E-state index in [1.807, 2.05) is 31.2 Å². The summed E-state index contributed by atoms with van der Waals surface area (Å²) in [6.45, 7) is 1.82. The monoisotopic (exact) mass is 286 g/mol. The molecule has 92 valence electrons. The van der Waals surface area contributed by atoms with Crippen LogP contribution in [0.25, 0.3) is 31.6 Å². The maximum Gasteiger partial charge on any atom is 0.150 e. The van der Waals surface area contributed by atoms with Gasteiger partial charge in [-0.1, -0.05) is 23.7 Å². The van der Waals surface area contributed by atoms with Crippen molar-refractivity contribution in [2.75, 3.05) is 0 Å². The van der Waals surface area contributed by atoms with Gasteiger partial charge < -0.3 is 0 Å². The van der Waals surface area contributed by atoms with Crippen molar-refractivity contribution in [1.29, 1.82) is 0 Å². The summed E-state index contributed by atoms with van der Waals surface area (Å²) in [5.41, 5.74) is 3.33. The lowest BCUT2D eigenvalue weighted by molar-refractivity contribution is 1.10. The van der Waals surface area contributed by atoms with Crippen LogP contribution in [0, 0.1) is 6.92 Å². The molecule has 0 spiro atoms. The minimum Gasteiger partial charge on any atom is -0.241 e. The van der Waals surface area contributed by atoms with Gasteiger partial charge in [0.05, 0.1) is 15.7 Å². The molecule has 3 heterocycles. The number of para-hydroxylation sites is 2. The van der Waals surface area contributed by atoms with Gasteiger partial charge in [-0.2, -0.15) is 0 Å². The van der Waals surface area contributed by atoms with E-state index in [0.29, 0.717) is 11.0 Å². The van der Waals surface area contributed by atoms with Gasteiger partial charge in [0, 0.05) is 0 Å². The molecular formula is C13H7ClN4S. The van der Waals surface area contributed by atoms with Gasteiger partial charge in [0.25, 0.3) is 0 Å². The molecule has 0 aliphatic rings. The molecule has 0 aliphatic carbocycles. The Morgan fingerprint density at radius 2 is 1.68 bits per heavy atom. The van der Waals surface area contributed by atoms with Gasteiger partial charge in [-0.05, 0) is 19.1 Å². The summed E-state index contributed by atoms with van der Waals surface area (Å²) < 4.78 is 0.845. The molecule has 0 saturated carbocycles. The van der Waals surface area contributed by atoms with E-state index in [1.165, 1.54) is 11.3 Å². The molecule has 0 amide bonds. The van der Waals surface area contributed by atoms with Gasteiger partial charge in [-0.25, -0.2) is 19.9 Å². The highest BCUT2D eigenvalue weighted by molar-refractivity contribution is 7.25. The van der Waals surface area contributed by atoms with Crippen LogP contribution >= 0.6 is 22.9 Å². The lowest BCUT2D eigenvalue weighted by Gasteiger charge is -1.97. The highest BCUT2D eigenvalue weighted by atomic mass is 35.5. The van der Waals surface area contributed by atoms with Gasteiger partial charge in [-0.15, -0.1) is 11.3 Å². The highest BCUT2D eigenvalue weighted by Gasteiger charge is 2.14. The second-order valence-electron chi connectivity index (χ2n) is 4.21. The van der Waals surface area contributed by atoms with Crippen molar-refractivity contribution in [3.63, 3.8) is 0 Å². The van der Waals surface area contributed by atoms with Gasteiger partial charge in [0.2, 0.25) is 0 Å². The molecule has 0 fully saturated rings. The third-order valence-electron chi connectivity index (χ3n) is 2.90. The number of benzene rings is 1. The van der Waals surface area contributed by atoms with Crippen LogP contribution in [0.3, 0.4) is 0 Å². The predicted molar refractivity (Wildman–Crippen MR) is 77.8 cm³/mol. The largest absolute Gasteiger partial charge is 0.241 e. The summed E-state index contributed by atoms with van der Waals surface area (Å²) >= 11 is 7.65. The maximum atomic E-state index is 6.17. The second kappa shape index (κ2) is 3.82. The zero-order valence-electron chi connectivity index (χ0n) is 9.88. The van der Waals surface area contributed by atoms with E-state index in [2.05, 4.69) is 19.9 Å². The summed E-state index contributed by atoms with van der Waals surface area (Å²) in [7, 11) is 0. The minimum atomic E-state index is 0.469. The number of hydrogen-bond donors (Lipinski definition) is 0. The Labute approximate surface area is 117 Å². The third kappa shape index (κ3) is 1.59. The highest BCUT2D eigenvalue weighted by Crippen LogP contribution is 2.34. The number of aryl methyl sites for hydroxylation is 1. The number of thiophene rings is 1. The van der Waals surface area contributed by atoms with Gasteiger partial charge in [0.1, 0.15) is 21.7 Å². The van der Waals surface area contributed by atoms with E-state index in [9.17, 15) is 0 Å². The maximum absolute atomic E-state index is 6.17.